The van der Waals surface area contributed by atoms with Crippen LogP contribution in [0, 0.1) is 0 Å². The van der Waals surface area contributed by atoms with Crippen molar-refractivity contribution in [1.29, 1.82) is 0 Å². The number of nitrogens with one attached hydrogen (secondary N) is 1. The molecule has 3 N–H and O–H groups in total. The maximum Gasteiger partial charge on any atom is 0.147 e. The first-order chi connectivity index (χ1) is 8.35. The van der Waals surface area contributed by atoms with E-state index in [1.165, 1.54) is 24.1 Å². The van der Waals surface area contributed by atoms with Crippen LogP contribution >= 0.6 is 0 Å². The highest BCUT2D eigenvalue weighted by molar-refractivity contribution is 5.46. The van der Waals surface area contributed by atoms with Gasteiger partial charge in [-0.25, -0.2) is 15.8 Å². The molecule has 1 aromatic heterocycles. The molecule has 5 nitrogen and oxygen atoms in total. The predicted octanol–water partition coefficient (Wildman–Crippen LogP) is 1.22. The lowest BCUT2D eigenvalue weighted by molar-refractivity contribution is 0.194. The van der Waals surface area contributed by atoms with Crippen LogP contribution in [0.2, 0.25) is 0 Å². The van der Waals surface area contributed by atoms with Crippen molar-refractivity contribution in [3.05, 3.63) is 17.1 Å². The number of aryl methyl sites for hydroxylation is 2. The van der Waals surface area contributed by atoms with Gasteiger partial charge in [-0.1, -0.05) is 0 Å². The zero-order valence-corrected chi connectivity index (χ0v) is 10.3. The number of rotatable bonds is 5. The SMILES string of the molecule is COCCCc1nc2c(c(NN)n1)CCCC2. The average molecular weight is 236 g/mol. The fraction of sp³-hybridized carbons (Fsp3) is 0.667. The van der Waals surface area contributed by atoms with Crippen LogP contribution in [-0.4, -0.2) is 23.7 Å². The first-order valence-electron chi connectivity index (χ1n) is 6.19. The standard InChI is InChI=1S/C12H20N4O/c1-17-8-4-7-11-14-10-6-3-2-5-9(10)12(15-11)16-13/h2-8,13H2,1H3,(H,14,15,16). The Kier molecular flexibility index (Phi) is 4.28. The van der Waals surface area contributed by atoms with Gasteiger partial charge in [-0.2, -0.15) is 0 Å². The molecule has 5 heteroatoms. The lowest BCUT2D eigenvalue weighted by Gasteiger charge is -2.18. The minimum atomic E-state index is 0.742. The molecule has 1 aromatic rings. The zero-order chi connectivity index (χ0) is 12.1. The van der Waals surface area contributed by atoms with Crippen LogP contribution in [0.25, 0.3) is 0 Å². The molecular formula is C12H20N4O. The molecule has 2 rings (SSSR count). The van der Waals surface area contributed by atoms with Crippen molar-refractivity contribution in [2.45, 2.75) is 38.5 Å². The molecule has 1 heterocycles. The van der Waals surface area contributed by atoms with Crippen molar-refractivity contribution in [3.63, 3.8) is 0 Å². The third kappa shape index (κ3) is 2.92. The van der Waals surface area contributed by atoms with Gasteiger partial charge in [0.25, 0.3) is 0 Å². The monoisotopic (exact) mass is 236 g/mol. The maximum atomic E-state index is 5.53. The Morgan fingerprint density at radius 2 is 2.12 bits per heavy atom. The smallest absolute Gasteiger partial charge is 0.147 e. The lowest BCUT2D eigenvalue weighted by atomic mass is 9.96. The largest absolute Gasteiger partial charge is 0.385 e. The molecule has 0 unspecified atom stereocenters. The molecule has 0 fully saturated rings. The van der Waals surface area contributed by atoms with Crippen LogP contribution in [0.5, 0.6) is 0 Å². The number of hydrazine groups is 1. The predicted molar refractivity (Wildman–Crippen MR) is 66.7 cm³/mol. The number of anilines is 1. The Labute approximate surface area is 102 Å². The highest BCUT2D eigenvalue weighted by Gasteiger charge is 2.16. The quantitative estimate of drug-likeness (QED) is 0.457. The molecule has 1 aliphatic rings. The van der Waals surface area contributed by atoms with E-state index in [0.29, 0.717) is 0 Å². The maximum absolute atomic E-state index is 5.53. The molecule has 0 aliphatic heterocycles. The molecular weight excluding hydrogens is 216 g/mol. The van der Waals surface area contributed by atoms with Gasteiger partial charge in [-0.15, -0.1) is 0 Å². The van der Waals surface area contributed by atoms with Gasteiger partial charge in [0.15, 0.2) is 0 Å². The molecule has 1 aliphatic carbocycles. The Morgan fingerprint density at radius 3 is 2.88 bits per heavy atom. The molecule has 0 saturated carbocycles. The number of fused-ring (bicyclic) bond motifs is 1. The van der Waals surface area contributed by atoms with E-state index < -0.39 is 0 Å². The molecule has 0 radical (unpaired) electrons. The van der Waals surface area contributed by atoms with E-state index in [2.05, 4.69) is 15.4 Å². The number of nitrogens with two attached hydrogens (primary N) is 1. The van der Waals surface area contributed by atoms with Crippen LogP contribution in [-0.2, 0) is 24.0 Å². The number of hydrogen-bond donors (Lipinski definition) is 2. The summed E-state index contributed by atoms with van der Waals surface area (Å²) in [4.78, 5) is 9.11. The minimum Gasteiger partial charge on any atom is -0.385 e. The van der Waals surface area contributed by atoms with Crippen molar-refractivity contribution in [2.75, 3.05) is 19.1 Å². The van der Waals surface area contributed by atoms with Gasteiger partial charge in [0.2, 0.25) is 0 Å². The summed E-state index contributed by atoms with van der Waals surface area (Å²) >= 11 is 0. The zero-order valence-electron chi connectivity index (χ0n) is 10.3. The lowest BCUT2D eigenvalue weighted by Crippen LogP contribution is -2.18. The molecule has 0 aromatic carbocycles. The minimum absolute atomic E-state index is 0.742. The Bertz CT molecular complexity index is 364. The fourth-order valence-electron chi connectivity index (χ4n) is 2.25. The molecule has 94 valence electrons. The van der Waals surface area contributed by atoms with E-state index in [0.717, 1.165) is 43.9 Å². The highest BCUT2D eigenvalue weighted by atomic mass is 16.5. The summed E-state index contributed by atoms with van der Waals surface area (Å²) in [5.74, 6) is 7.21. The van der Waals surface area contributed by atoms with Crippen molar-refractivity contribution in [2.24, 2.45) is 5.84 Å². The van der Waals surface area contributed by atoms with E-state index in [1.807, 2.05) is 0 Å². The fourth-order valence-corrected chi connectivity index (χ4v) is 2.25. The molecule has 0 saturated heterocycles. The molecule has 0 spiro atoms. The van der Waals surface area contributed by atoms with Crippen LogP contribution < -0.4 is 11.3 Å². The topological polar surface area (TPSA) is 73.1 Å². The molecule has 17 heavy (non-hydrogen) atoms. The first-order valence-corrected chi connectivity index (χ1v) is 6.19. The van der Waals surface area contributed by atoms with Crippen molar-refractivity contribution in [3.8, 4) is 0 Å². The van der Waals surface area contributed by atoms with E-state index in [4.69, 9.17) is 10.6 Å². The van der Waals surface area contributed by atoms with Gasteiger partial charge in [-0.05, 0) is 32.1 Å². The van der Waals surface area contributed by atoms with Gasteiger partial charge in [-0.3, -0.25) is 0 Å². The third-order valence-corrected chi connectivity index (χ3v) is 3.11. The van der Waals surface area contributed by atoms with Gasteiger partial charge in [0.1, 0.15) is 11.6 Å². The van der Waals surface area contributed by atoms with E-state index >= 15 is 0 Å². The Morgan fingerprint density at radius 1 is 1.29 bits per heavy atom. The highest BCUT2D eigenvalue weighted by Crippen LogP contribution is 2.25. The van der Waals surface area contributed by atoms with E-state index in [-0.39, 0.29) is 0 Å². The van der Waals surface area contributed by atoms with E-state index in [9.17, 15) is 0 Å². The summed E-state index contributed by atoms with van der Waals surface area (Å²) in [5.41, 5.74) is 5.08. The second kappa shape index (κ2) is 5.93. The number of nitrogen functional groups attached to an aromatic ring is 1. The number of ether oxygens (including phenoxy) is 1. The van der Waals surface area contributed by atoms with Crippen molar-refractivity contribution in [1.82, 2.24) is 9.97 Å². The summed E-state index contributed by atoms with van der Waals surface area (Å²) in [5, 5.41) is 0. The summed E-state index contributed by atoms with van der Waals surface area (Å²) in [6.45, 7) is 0.742. The summed E-state index contributed by atoms with van der Waals surface area (Å²) in [6.07, 6.45) is 6.28. The van der Waals surface area contributed by atoms with E-state index in [1.54, 1.807) is 7.11 Å². The average Bonchev–Trinajstić information content (AvgIpc) is 2.38. The van der Waals surface area contributed by atoms with Gasteiger partial charge >= 0.3 is 0 Å². The Hall–Kier alpha value is -1.20. The third-order valence-electron chi connectivity index (χ3n) is 3.11. The summed E-state index contributed by atoms with van der Waals surface area (Å²) < 4.78 is 5.04. The number of nitrogens with zero attached hydrogens (tertiary/aromatic N) is 2. The van der Waals surface area contributed by atoms with Gasteiger partial charge < -0.3 is 10.2 Å². The van der Waals surface area contributed by atoms with Crippen molar-refractivity contribution >= 4 is 5.82 Å². The number of aromatic nitrogens is 2. The van der Waals surface area contributed by atoms with Gasteiger partial charge in [0.05, 0.1) is 0 Å². The van der Waals surface area contributed by atoms with Crippen LogP contribution in [0.4, 0.5) is 5.82 Å². The molecule has 0 bridgehead atoms. The van der Waals surface area contributed by atoms with Crippen LogP contribution in [0.15, 0.2) is 0 Å². The van der Waals surface area contributed by atoms with Crippen LogP contribution in [0.3, 0.4) is 0 Å². The number of methoxy groups -OCH3 is 1. The number of hydrogen-bond acceptors (Lipinski definition) is 5. The van der Waals surface area contributed by atoms with Gasteiger partial charge in [0, 0.05) is 31.4 Å². The summed E-state index contributed by atoms with van der Waals surface area (Å²) in [7, 11) is 1.71. The summed E-state index contributed by atoms with van der Waals surface area (Å²) in [6, 6.07) is 0. The Balaban J connectivity index is 2.17. The molecule has 0 amide bonds. The second-order valence-electron chi connectivity index (χ2n) is 4.36. The second-order valence-corrected chi connectivity index (χ2v) is 4.36. The van der Waals surface area contributed by atoms with Crippen LogP contribution in [0.1, 0.15) is 36.3 Å². The molecule has 0 atom stereocenters. The normalized spacial score (nSPS) is 14.5. The van der Waals surface area contributed by atoms with Crippen molar-refractivity contribution < 1.29 is 4.74 Å². The first kappa shape index (κ1) is 12.3.